The molecular weight excluding hydrogens is 338 g/mol. The number of H-pyrrole nitrogens is 1. The highest BCUT2D eigenvalue weighted by Crippen LogP contribution is 2.24. The van der Waals surface area contributed by atoms with Gasteiger partial charge in [-0.3, -0.25) is 5.10 Å². The highest BCUT2D eigenvalue weighted by atomic mass is 32.2. The Labute approximate surface area is 157 Å². The van der Waals surface area contributed by atoms with Gasteiger partial charge in [0.25, 0.3) is 0 Å². The number of aryl methyl sites for hydroxylation is 1. The molecule has 0 aliphatic heterocycles. The van der Waals surface area contributed by atoms with E-state index in [9.17, 15) is 0 Å². The SMILES string of the molecule is Cc1ccc(-c2nc(SCc3ccc(-c4ccccc4)cc3)n[nH]2)cc1. The largest absolute Gasteiger partial charge is 0.258 e. The molecule has 0 fully saturated rings. The van der Waals surface area contributed by atoms with Crippen LogP contribution in [0.15, 0.2) is 84.0 Å². The maximum Gasteiger partial charge on any atom is 0.209 e. The van der Waals surface area contributed by atoms with Crippen LogP contribution in [0.1, 0.15) is 11.1 Å². The van der Waals surface area contributed by atoms with Crippen molar-refractivity contribution in [3.63, 3.8) is 0 Å². The van der Waals surface area contributed by atoms with Gasteiger partial charge in [-0.25, -0.2) is 4.98 Å². The van der Waals surface area contributed by atoms with Crippen molar-refractivity contribution >= 4 is 11.8 Å². The van der Waals surface area contributed by atoms with E-state index in [1.165, 1.54) is 22.3 Å². The number of rotatable bonds is 5. The molecule has 0 unspecified atom stereocenters. The molecule has 1 heterocycles. The Morgan fingerprint density at radius 3 is 2.15 bits per heavy atom. The molecule has 0 saturated carbocycles. The van der Waals surface area contributed by atoms with E-state index in [0.717, 1.165) is 22.3 Å². The van der Waals surface area contributed by atoms with Crippen LogP contribution in [-0.2, 0) is 5.75 Å². The van der Waals surface area contributed by atoms with Gasteiger partial charge >= 0.3 is 0 Å². The van der Waals surface area contributed by atoms with Crippen LogP contribution in [0.25, 0.3) is 22.5 Å². The standard InChI is InChI=1S/C22H19N3S/c1-16-7-11-20(12-8-16)21-23-22(25-24-21)26-15-17-9-13-19(14-10-17)18-5-3-2-4-6-18/h2-14H,15H2,1H3,(H,23,24,25). The molecule has 0 atom stereocenters. The number of thioether (sulfide) groups is 1. The lowest BCUT2D eigenvalue weighted by atomic mass is 10.0. The molecule has 1 aromatic heterocycles. The van der Waals surface area contributed by atoms with Crippen LogP contribution in [-0.4, -0.2) is 15.2 Å². The predicted molar refractivity (Wildman–Crippen MR) is 108 cm³/mol. The fourth-order valence-corrected chi connectivity index (χ4v) is 3.48. The summed E-state index contributed by atoms with van der Waals surface area (Å²) in [6.07, 6.45) is 0. The first-order chi connectivity index (χ1) is 12.8. The fourth-order valence-electron chi connectivity index (χ4n) is 2.72. The lowest BCUT2D eigenvalue weighted by Gasteiger charge is -2.03. The molecule has 0 aliphatic carbocycles. The minimum atomic E-state index is 0.771. The molecule has 0 bridgehead atoms. The van der Waals surface area contributed by atoms with Gasteiger partial charge in [0.15, 0.2) is 5.82 Å². The first-order valence-corrected chi connectivity index (χ1v) is 9.53. The van der Waals surface area contributed by atoms with Crippen molar-refractivity contribution in [2.75, 3.05) is 0 Å². The van der Waals surface area contributed by atoms with E-state index in [1.54, 1.807) is 11.8 Å². The molecule has 3 nitrogen and oxygen atoms in total. The van der Waals surface area contributed by atoms with Crippen LogP contribution in [0.5, 0.6) is 0 Å². The van der Waals surface area contributed by atoms with Crippen molar-refractivity contribution < 1.29 is 0 Å². The van der Waals surface area contributed by atoms with E-state index in [-0.39, 0.29) is 0 Å². The molecular formula is C22H19N3S. The van der Waals surface area contributed by atoms with Crippen LogP contribution in [0.4, 0.5) is 0 Å². The number of nitrogens with zero attached hydrogens (tertiary/aromatic N) is 2. The van der Waals surface area contributed by atoms with Crippen LogP contribution >= 0.6 is 11.8 Å². The first-order valence-electron chi connectivity index (χ1n) is 8.54. The number of hydrogen-bond donors (Lipinski definition) is 1. The second kappa shape index (κ2) is 7.58. The Kier molecular flexibility index (Phi) is 4.84. The van der Waals surface area contributed by atoms with Crippen LogP contribution in [0.2, 0.25) is 0 Å². The Morgan fingerprint density at radius 1 is 0.769 bits per heavy atom. The molecule has 128 valence electrons. The Morgan fingerprint density at radius 2 is 1.42 bits per heavy atom. The van der Waals surface area contributed by atoms with Crippen molar-refractivity contribution in [3.05, 3.63) is 90.0 Å². The van der Waals surface area contributed by atoms with Crippen molar-refractivity contribution in [1.29, 1.82) is 0 Å². The number of nitrogens with one attached hydrogen (secondary N) is 1. The fraction of sp³-hybridized carbons (Fsp3) is 0.0909. The van der Waals surface area contributed by atoms with E-state index < -0.39 is 0 Å². The summed E-state index contributed by atoms with van der Waals surface area (Å²) in [5.74, 6) is 1.66. The molecule has 0 saturated heterocycles. The second-order valence-corrected chi connectivity index (χ2v) is 7.13. The highest BCUT2D eigenvalue weighted by molar-refractivity contribution is 7.98. The average Bonchev–Trinajstić information content (AvgIpc) is 3.17. The molecule has 3 aromatic carbocycles. The smallest absolute Gasteiger partial charge is 0.209 e. The van der Waals surface area contributed by atoms with Gasteiger partial charge < -0.3 is 0 Å². The topological polar surface area (TPSA) is 41.6 Å². The second-order valence-electron chi connectivity index (χ2n) is 6.18. The average molecular weight is 357 g/mol. The van der Waals surface area contributed by atoms with E-state index in [1.807, 2.05) is 6.07 Å². The molecule has 4 heteroatoms. The third-order valence-corrected chi connectivity index (χ3v) is 5.14. The van der Waals surface area contributed by atoms with Crippen LogP contribution in [0.3, 0.4) is 0 Å². The summed E-state index contributed by atoms with van der Waals surface area (Å²) in [6.45, 7) is 2.08. The number of benzene rings is 3. The minimum Gasteiger partial charge on any atom is -0.258 e. The van der Waals surface area contributed by atoms with Gasteiger partial charge in [0, 0.05) is 11.3 Å². The molecule has 1 N–H and O–H groups in total. The van der Waals surface area contributed by atoms with Gasteiger partial charge in [0.05, 0.1) is 0 Å². The highest BCUT2D eigenvalue weighted by Gasteiger charge is 2.06. The minimum absolute atomic E-state index is 0.771. The van der Waals surface area contributed by atoms with Gasteiger partial charge in [0.1, 0.15) is 0 Å². The lowest BCUT2D eigenvalue weighted by Crippen LogP contribution is -1.84. The zero-order chi connectivity index (χ0) is 17.8. The van der Waals surface area contributed by atoms with Gasteiger partial charge in [-0.15, -0.1) is 5.10 Å². The van der Waals surface area contributed by atoms with Crippen LogP contribution in [0, 0.1) is 6.92 Å². The maximum absolute atomic E-state index is 4.59. The first kappa shape index (κ1) is 16.6. The van der Waals surface area contributed by atoms with Gasteiger partial charge in [-0.1, -0.05) is 96.2 Å². The zero-order valence-corrected chi connectivity index (χ0v) is 15.3. The lowest BCUT2D eigenvalue weighted by molar-refractivity contribution is 0.973. The monoisotopic (exact) mass is 357 g/mol. The summed E-state index contributed by atoms with van der Waals surface area (Å²) in [5, 5.41) is 8.12. The molecule has 0 radical (unpaired) electrons. The van der Waals surface area contributed by atoms with Crippen molar-refractivity contribution in [3.8, 4) is 22.5 Å². The molecule has 4 aromatic rings. The Hall–Kier alpha value is -2.85. The summed E-state index contributed by atoms with van der Waals surface area (Å²) in [4.78, 5) is 4.59. The quantitative estimate of drug-likeness (QED) is 0.463. The third kappa shape index (κ3) is 3.86. The molecule has 0 spiro atoms. The number of hydrogen-bond acceptors (Lipinski definition) is 3. The Balaban J connectivity index is 1.41. The maximum atomic E-state index is 4.59. The zero-order valence-electron chi connectivity index (χ0n) is 14.5. The molecule has 0 amide bonds. The van der Waals surface area contributed by atoms with Crippen molar-refractivity contribution in [2.24, 2.45) is 0 Å². The van der Waals surface area contributed by atoms with Crippen molar-refractivity contribution in [2.45, 2.75) is 17.8 Å². The van der Waals surface area contributed by atoms with Crippen molar-refractivity contribution in [1.82, 2.24) is 15.2 Å². The third-order valence-electron chi connectivity index (χ3n) is 4.22. The normalized spacial score (nSPS) is 10.8. The summed E-state index contributed by atoms with van der Waals surface area (Å²) in [6, 6.07) is 27.4. The summed E-state index contributed by atoms with van der Waals surface area (Å²) in [5.41, 5.74) is 6.03. The van der Waals surface area contributed by atoms with E-state index in [0.29, 0.717) is 0 Å². The van der Waals surface area contributed by atoms with Gasteiger partial charge in [-0.2, -0.15) is 0 Å². The Bertz CT molecular complexity index is 974. The number of aromatic nitrogens is 3. The predicted octanol–water partition coefficient (Wildman–Crippen LogP) is 5.74. The van der Waals surface area contributed by atoms with Gasteiger partial charge in [-0.05, 0) is 23.6 Å². The van der Waals surface area contributed by atoms with E-state index in [4.69, 9.17) is 0 Å². The summed E-state index contributed by atoms with van der Waals surface area (Å²) >= 11 is 1.64. The van der Waals surface area contributed by atoms with Crippen LogP contribution < -0.4 is 0 Å². The number of aromatic amines is 1. The summed E-state index contributed by atoms with van der Waals surface area (Å²) < 4.78 is 0. The molecule has 4 rings (SSSR count). The van der Waals surface area contributed by atoms with E-state index in [2.05, 4.69) is 94.9 Å². The summed E-state index contributed by atoms with van der Waals surface area (Å²) in [7, 11) is 0. The molecule has 26 heavy (non-hydrogen) atoms. The van der Waals surface area contributed by atoms with Gasteiger partial charge in [0.2, 0.25) is 5.16 Å². The van der Waals surface area contributed by atoms with E-state index >= 15 is 0 Å². The molecule has 0 aliphatic rings.